The van der Waals surface area contributed by atoms with Crippen LogP contribution in [0.25, 0.3) is 0 Å². The van der Waals surface area contributed by atoms with Gasteiger partial charge < -0.3 is 5.32 Å². The highest BCUT2D eigenvalue weighted by Gasteiger charge is 2.43. The average Bonchev–Trinajstić information content (AvgIpc) is 2.89. The van der Waals surface area contributed by atoms with Crippen LogP contribution in [0.3, 0.4) is 0 Å². The molecule has 0 spiro atoms. The van der Waals surface area contributed by atoms with Gasteiger partial charge in [0.05, 0.1) is 0 Å². The topological polar surface area (TPSA) is 12.0 Å². The maximum atomic E-state index is 3.81. The summed E-state index contributed by atoms with van der Waals surface area (Å²) in [4.78, 5) is 0. The average molecular weight is 209 g/mol. The molecule has 1 nitrogen and oxygen atoms in total. The molecule has 0 aromatic rings. The quantitative estimate of drug-likeness (QED) is 0.703. The van der Waals surface area contributed by atoms with Crippen LogP contribution in [0.5, 0.6) is 0 Å². The Bertz CT molecular complexity index is 213. The molecule has 1 heteroatoms. The summed E-state index contributed by atoms with van der Waals surface area (Å²) in [5.41, 5.74) is 1.32. The molecule has 0 radical (unpaired) electrons. The van der Waals surface area contributed by atoms with Crippen molar-refractivity contribution in [3.05, 3.63) is 0 Å². The summed E-state index contributed by atoms with van der Waals surface area (Å²) >= 11 is 0. The van der Waals surface area contributed by atoms with E-state index < -0.39 is 0 Å². The molecule has 0 amide bonds. The van der Waals surface area contributed by atoms with Gasteiger partial charge in [-0.2, -0.15) is 0 Å². The Morgan fingerprint density at radius 3 is 2.27 bits per heavy atom. The SMILES string of the molecule is CCCC1(CNC(C)C2(C)CC2)CCC1. The van der Waals surface area contributed by atoms with Gasteiger partial charge >= 0.3 is 0 Å². The predicted octanol–water partition coefficient (Wildman–Crippen LogP) is 3.74. The van der Waals surface area contributed by atoms with Crippen molar-refractivity contribution in [1.29, 1.82) is 0 Å². The Kier molecular flexibility index (Phi) is 3.12. The molecular weight excluding hydrogens is 182 g/mol. The zero-order valence-corrected chi connectivity index (χ0v) is 10.7. The molecule has 88 valence electrons. The highest BCUT2D eigenvalue weighted by atomic mass is 15.0. The molecular formula is C14H27N. The van der Waals surface area contributed by atoms with Gasteiger partial charge in [0, 0.05) is 12.6 Å². The van der Waals surface area contributed by atoms with E-state index in [2.05, 4.69) is 26.1 Å². The third-order valence-corrected chi connectivity index (χ3v) is 5.06. The van der Waals surface area contributed by atoms with E-state index in [1.165, 1.54) is 51.5 Å². The molecule has 0 heterocycles. The van der Waals surface area contributed by atoms with Gasteiger partial charge in [-0.3, -0.25) is 0 Å². The fourth-order valence-corrected chi connectivity index (χ4v) is 2.97. The van der Waals surface area contributed by atoms with Crippen LogP contribution in [-0.2, 0) is 0 Å². The van der Waals surface area contributed by atoms with Crippen molar-refractivity contribution in [1.82, 2.24) is 5.32 Å². The fourth-order valence-electron chi connectivity index (χ4n) is 2.97. The third kappa shape index (κ3) is 2.38. The Morgan fingerprint density at radius 1 is 1.20 bits per heavy atom. The molecule has 0 aliphatic heterocycles. The van der Waals surface area contributed by atoms with Crippen molar-refractivity contribution in [3.63, 3.8) is 0 Å². The zero-order chi connectivity index (χ0) is 10.9. The van der Waals surface area contributed by atoms with E-state index >= 15 is 0 Å². The normalized spacial score (nSPS) is 28.2. The van der Waals surface area contributed by atoms with Crippen molar-refractivity contribution in [3.8, 4) is 0 Å². The first-order valence-corrected chi connectivity index (χ1v) is 6.84. The van der Waals surface area contributed by atoms with Gasteiger partial charge in [-0.25, -0.2) is 0 Å². The van der Waals surface area contributed by atoms with Crippen LogP contribution >= 0.6 is 0 Å². The van der Waals surface area contributed by atoms with Crippen molar-refractivity contribution in [2.45, 2.75) is 71.8 Å². The Hall–Kier alpha value is -0.0400. The van der Waals surface area contributed by atoms with Gasteiger partial charge in [0.25, 0.3) is 0 Å². The molecule has 0 saturated heterocycles. The summed E-state index contributed by atoms with van der Waals surface area (Å²) < 4.78 is 0. The maximum Gasteiger partial charge on any atom is 0.00927 e. The number of hydrogen-bond acceptors (Lipinski definition) is 1. The number of hydrogen-bond donors (Lipinski definition) is 1. The van der Waals surface area contributed by atoms with Gasteiger partial charge in [-0.05, 0) is 49.9 Å². The van der Waals surface area contributed by atoms with E-state index in [1.54, 1.807) is 0 Å². The molecule has 2 saturated carbocycles. The van der Waals surface area contributed by atoms with E-state index in [9.17, 15) is 0 Å². The molecule has 15 heavy (non-hydrogen) atoms. The van der Waals surface area contributed by atoms with Crippen LogP contribution in [0.1, 0.15) is 65.7 Å². The van der Waals surface area contributed by atoms with Crippen LogP contribution in [0.4, 0.5) is 0 Å². The predicted molar refractivity (Wildman–Crippen MR) is 66.0 cm³/mol. The third-order valence-electron chi connectivity index (χ3n) is 5.06. The van der Waals surface area contributed by atoms with Crippen LogP contribution in [0.15, 0.2) is 0 Å². The first-order valence-electron chi connectivity index (χ1n) is 6.84. The summed E-state index contributed by atoms with van der Waals surface area (Å²) in [5.74, 6) is 0. The number of nitrogens with one attached hydrogen (secondary N) is 1. The van der Waals surface area contributed by atoms with Gasteiger partial charge in [0.15, 0.2) is 0 Å². The lowest BCUT2D eigenvalue weighted by Gasteiger charge is -2.43. The minimum Gasteiger partial charge on any atom is -0.313 e. The van der Waals surface area contributed by atoms with E-state index in [-0.39, 0.29) is 0 Å². The summed E-state index contributed by atoms with van der Waals surface area (Å²) in [6.07, 6.45) is 10.1. The van der Waals surface area contributed by atoms with E-state index in [0.717, 1.165) is 6.04 Å². The minimum absolute atomic E-state index is 0.636. The van der Waals surface area contributed by atoms with Crippen molar-refractivity contribution < 1.29 is 0 Å². The summed E-state index contributed by atoms with van der Waals surface area (Å²) in [5, 5.41) is 3.81. The fraction of sp³-hybridized carbons (Fsp3) is 1.00. The Balaban J connectivity index is 1.76. The smallest absolute Gasteiger partial charge is 0.00927 e. The number of rotatable bonds is 6. The van der Waals surface area contributed by atoms with Crippen LogP contribution in [-0.4, -0.2) is 12.6 Å². The molecule has 1 N–H and O–H groups in total. The maximum absolute atomic E-state index is 3.81. The molecule has 1 unspecified atom stereocenters. The van der Waals surface area contributed by atoms with Gasteiger partial charge in [-0.1, -0.05) is 26.7 Å². The second kappa shape index (κ2) is 4.08. The lowest BCUT2D eigenvalue weighted by atomic mass is 9.66. The van der Waals surface area contributed by atoms with Gasteiger partial charge in [0.2, 0.25) is 0 Å². The monoisotopic (exact) mass is 209 g/mol. The first-order chi connectivity index (χ1) is 7.10. The van der Waals surface area contributed by atoms with Crippen molar-refractivity contribution >= 4 is 0 Å². The molecule has 2 aliphatic carbocycles. The van der Waals surface area contributed by atoms with Gasteiger partial charge in [0.1, 0.15) is 0 Å². The lowest BCUT2D eigenvalue weighted by molar-refractivity contribution is 0.107. The molecule has 0 aromatic heterocycles. The second-order valence-corrected chi connectivity index (χ2v) is 6.36. The molecule has 0 aromatic carbocycles. The Morgan fingerprint density at radius 2 is 1.87 bits per heavy atom. The van der Waals surface area contributed by atoms with Crippen LogP contribution < -0.4 is 5.32 Å². The molecule has 2 fully saturated rings. The van der Waals surface area contributed by atoms with E-state index in [1.807, 2.05) is 0 Å². The summed E-state index contributed by atoms with van der Waals surface area (Å²) in [6, 6.07) is 0.729. The first kappa shape index (κ1) is 11.4. The highest BCUT2D eigenvalue weighted by Crippen LogP contribution is 2.49. The van der Waals surface area contributed by atoms with Crippen LogP contribution in [0, 0.1) is 10.8 Å². The Labute approximate surface area is 95.0 Å². The lowest BCUT2D eigenvalue weighted by Crippen LogP contribution is -2.45. The highest BCUT2D eigenvalue weighted by molar-refractivity contribution is 4.98. The zero-order valence-electron chi connectivity index (χ0n) is 10.7. The van der Waals surface area contributed by atoms with Crippen LogP contribution in [0.2, 0.25) is 0 Å². The second-order valence-electron chi connectivity index (χ2n) is 6.36. The molecule has 0 bridgehead atoms. The van der Waals surface area contributed by atoms with E-state index in [0.29, 0.717) is 10.8 Å². The summed E-state index contributed by atoms with van der Waals surface area (Å²) in [6.45, 7) is 8.41. The largest absolute Gasteiger partial charge is 0.313 e. The molecule has 1 atom stereocenters. The van der Waals surface area contributed by atoms with E-state index in [4.69, 9.17) is 0 Å². The van der Waals surface area contributed by atoms with Crippen molar-refractivity contribution in [2.75, 3.05) is 6.54 Å². The van der Waals surface area contributed by atoms with Gasteiger partial charge in [-0.15, -0.1) is 0 Å². The standard InChI is InChI=1S/C14H27N/c1-4-6-14(7-5-8-14)11-15-12(2)13(3)9-10-13/h12,15H,4-11H2,1-3H3. The van der Waals surface area contributed by atoms with Crippen molar-refractivity contribution in [2.24, 2.45) is 10.8 Å². The molecule has 2 rings (SSSR count). The molecule has 2 aliphatic rings. The minimum atomic E-state index is 0.636. The summed E-state index contributed by atoms with van der Waals surface area (Å²) in [7, 11) is 0.